The molecule has 18 heavy (non-hydrogen) atoms. The zero-order valence-electron chi connectivity index (χ0n) is 10.7. The molecule has 0 saturated carbocycles. The maximum Gasteiger partial charge on any atom is 0.262 e. The lowest BCUT2D eigenvalue weighted by molar-refractivity contribution is -0.118. The molecule has 2 rings (SSSR count). The van der Waals surface area contributed by atoms with E-state index in [1.165, 1.54) is 0 Å². The van der Waals surface area contributed by atoms with Crippen molar-refractivity contribution in [3.63, 3.8) is 0 Å². The van der Waals surface area contributed by atoms with Crippen LogP contribution >= 0.6 is 11.8 Å². The summed E-state index contributed by atoms with van der Waals surface area (Å²) >= 11 is 1.83. The van der Waals surface area contributed by atoms with Crippen LogP contribution in [0.25, 0.3) is 0 Å². The van der Waals surface area contributed by atoms with Crippen LogP contribution in [0.5, 0.6) is 5.75 Å². The van der Waals surface area contributed by atoms with Crippen molar-refractivity contribution in [3.05, 3.63) is 23.8 Å². The van der Waals surface area contributed by atoms with Gasteiger partial charge in [-0.25, -0.2) is 0 Å². The summed E-state index contributed by atoms with van der Waals surface area (Å²) in [4.78, 5) is 11.2. The third-order valence-corrected chi connectivity index (χ3v) is 3.58. The van der Waals surface area contributed by atoms with E-state index in [2.05, 4.69) is 23.8 Å². The Hall–Kier alpha value is -1.20. The summed E-state index contributed by atoms with van der Waals surface area (Å²) in [6, 6.07) is 6.37. The Bertz CT molecular complexity index is 437. The van der Waals surface area contributed by atoms with Crippen molar-refractivity contribution >= 4 is 23.4 Å². The zero-order chi connectivity index (χ0) is 13.0. The molecule has 0 radical (unpaired) electrons. The SMILES string of the molecule is CSCC(C)NCc1ccc2c(c1)NC(=O)CO2. The highest BCUT2D eigenvalue weighted by molar-refractivity contribution is 7.98. The van der Waals surface area contributed by atoms with Crippen molar-refractivity contribution in [2.75, 3.05) is 23.9 Å². The molecule has 1 aromatic rings. The van der Waals surface area contributed by atoms with Crippen molar-refractivity contribution in [1.29, 1.82) is 0 Å². The molecule has 4 nitrogen and oxygen atoms in total. The first-order valence-electron chi connectivity index (χ1n) is 5.97. The van der Waals surface area contributed by atoms with E-state index in [0.29, 0.717) is 6.04 Å². The van der Waals surface area contributed by atoms with Gasteiger partial charge < -0.3 is 15.4 Å². The first-order chi connectivity index (χ1) is 8.69. The number of carbonyl (C=O) groups is 1. The summed E-state index contributed by atoms with van der Waals surface area (Å²) in [5.74, 6) is 1.74. The molecule has 1 unspecified atom stereocenters. The Labute approximate surface area is 111 Å². The Morgan fingerprint density at radius 1 is 1.56 bits per heavy atom. The van der Waals surface area contributed by atoms with Crippen molar-refractivity contribution in [3.8, 4) is 5.75 Å². The second kappa shape index (κ2) is 6.11. The Morgan fingerprint density at radius 3 is 3.17 bits per heavy atom. The highest BCUT2D eigenvalue weighted by Gasteiger charge is 2.15. The number of hydrogen-bond donors (Lipinski definition) is 2. The highest BCUT2D eigenvalue weighted by atomic mass is 32.2. The molecule has 0 aromatic heterocycles. The smallest absolute Gasteiger partial charge is 0.262 e. The minimum Gasteiger partial charge on any atom is -0.482 e. The Balaban J connectivity index is 1.98. The fraction of sp³-hybridized carbons (Fsp3) is 0.462. The summed E-state index contributed by atoms with van der Waals surface area (Å²) in [6.45, 7) is 3.07. The summed E-state index contributed by atoms with van der Waals surface area (Å²) in [7, 11) is 0. The lowest BCUT2D eigenvalue weighted by Crippen LogP contribution is -2.28. The summed E-state index contributed by atoms with van der Waals surface area (Å²) in [5.41, 5.74) is 1.91. The highest BCUT2D eigenvalue weighted by Crippen LogP contribution is 2.28. The van der Waals surface area contributed by atoms with E-state index in [-0.39, 0.29) is 12.5 Å². The largest absolute Gasteiger partial charge is 0.482 e. The van der Waals surface area contributed by atoms with Gasteiger partial charge in [0.25, 0.3) is 5.91 Å². The number of benzene rings is 1. The van der Waals surface area contributed by atoms with E-state index in [4.69, 9.17) is 4.74 Å². The van der Waals surface area contributed by atoms with Gasteiger partial charge in [-0.15, -0.1) is 0 Å². The number of thioether (sulfide) groups is 1. The second-order valence-electron chi connectivity index (χ2n) is 4.40. The predicted molar refractivity (Wildman–Crippen MR) is 75.3 cm³/mol. The van der Waals surface area contributed by atoms with Gasteiger partial charge in [0.2, 0.25) is 0 Å². The second-order valence-corrected chi connectivity index (χ2v) is 5.32. The summed E-state index contributed by atoms with van der Waals surface area (Å²) in [6.07, 6.45) is 2.10. The van der Waals surface area contributed by atoms with E-state index >= 15 is 0 Å². The number of anilines is 1. The van der Waals surface area contributed by atoms with E-state index in [1.54, 1.807) is 0 Å². The van der Waals surface area contributed by atoms with Gasteiger partial charge in [0, 0.05) is 18.3 Å². The van der Waals surface area contributed by atoms with Gasteiger partial charge in [0.15, 0.2) is 6.61 Å². The molecule has 0 saturated heterocycles. The topological polar surface area (TPSA) is 50.4 Å². The van der Waals surface area contributed by atoms with Crippen LogP contribution in [0.4, 0.5) is 5.69 Å². The predicted octanol–water partition coefficient (Wildman–Crippen LogP) is 1.86. The monoisotopic (exact) mass is 266 g/mol. The van der Waals surface area contributed by atoms with E-state index in [9.17, 15) is 4.79 Å². The fourth-order valence-corrected chi connectivity index (χ4v) is 2.46. The average molecular weight is 266 g/mol. The lowest BCUT2D eigenvalue weighted by atomic mass is 10.1. The van der Waals surface area contributed by atoms with Crippen LogP contribution in [0.1, 0.15) is 12.5 Å². The number of amides is 1. The molecule has 98 valence electrons. The van der Waals surface area contributed by atoms with E-state index in [1.807, 2.05) is 30.0 Å². The number of rotatable bonds is 5. The first kappa shape index (κ1) is 13.2. The number of nitrogens with one attached hydrogen (secondary N) is 2. The van der Waals surface area contributed by atoms with Gasteiger partial charge in [-0.1, -0.05) is 6.07 Å². The zero-order valence-corrected chi connectivity index (χ0v) is 11.5. The molecule has 2 N–H and O–H groups in total. The summed E-state index contributed by atoms with van der Waals surface area (Å²) in [5, 5.41) is 6.26. The number of hydrogen-bond acceptors (Lipinski definition) is 4. The maximum atomic E-state index is 11.2. The minimum absolute atomic E-state index is 0.0941. The van der Waals surface area contributed by atoms with Crippen LogP contribution < -0.4 is 15.4 Å². The standard InChI is InChI=1S/C13H18N2O2S/c1-9(8-18-2)14-6-10-3-4-12-11(5-10)15-13(16)7-17-12/h3-5,9,14H,6-8H2,1-2H3,(H,15,16). The number of ether oxygens (including phenoxy) is 1. The molecular formula is C13H18N2O2S. The van der Waals surface area contributed by atoms with Crippen LogP contribution in [-0.2, 0) is 11.3 Å². The summed E-state index contributed by atoms with van der Waals surface area (Å²) < 4.78 is 5.32. The first-order valence-corrected chi connectivity index (χ1v) is 7.36. The molecule has 0 aliphatic carbocycles. The number of fused-ring (bicyclic) bond motifs is 1. The van der Waals surface area contributed by atoms with Crippen molar-refractivity contribution < 1.29 is 9.53 Å². The van der Waals surface area contributed by atoms with Gasteiger partial charge in [0.05, 0.1) is 5.69 Å². The Kier molecular flexibility index (Phi) is 4.49. The van der Waals surface area contributed by atoms with Crippen molar-refractivity contribution in [2.24, 2.45) is 0 Å². The number of carbonyl (C=O) groups excluding carboxylic acids is 1. The van der Waals surface area contributed by atoms with Gasteiger partial charge in [-0.3, -0.25) is 4.79 Å². The van der Waals surface area contributed by atoms with Crippen LogP contribution in [0.15, 0.2) is 18.2 Å². The van der Waals surface area contributed by atoms with E-state index in [0.717, 1.165) is 29.3 Å². The molecule has 1 aliphatic rings. The molecule has 1 atom stereocenters. The lowest BCUT2D eigenvalue weighted by Gasteiger charge is -2.19. The minimum atomic E-state index is -0.0941. The molecule has 1 aromatic carbocycles. The molecule has 0 spiro atoms. The molecular weight excluding hydrogens is 248 g/mol. The normalized spacial score (nSPS) is 15.6. The van der Waals surface area contributed by atoms with Gasteiger partial charge in [-0.05, 0) is 30.9 Å². The van der Waals surface area contributed by atoms with Gasteiger partial charge in [0.1, 0.15) is 5.75 Å². The van der Waals surface area contributed by atoms with Crippen molar-refractivity contribution in [2.45, 2.75) is 19.5 Å². The third-order valence-electron chi connectivity index (χ3n) is 2.75. The fourth-order valence-electron chi connectivity index (χ4n) is 1.84. The third kappa shape index (κ3) is 3.40. The molecule has 1 heterocycles. The molecule has 0 fully saturated rings. The van der Waals surface area contributed by atoms with Crippen LogP contribution in [-0.4, -0.2) is 30.6 Å². The van der Waals surface area contributed by atoms with E-state index < -0.39 is 0 Å². The Morgan fingerprint density at radius 2 is 2.39 bits per heavy atom. The maximum absolute atomic E-state index is 11.2. The van der Waals surface area contributed by atoms with Crippen LogP contribution in [0.3, 0.4) is 0 Å². The van der Waals surface area contributed by atoms with Crippen LogP contribution in [0.2, 0.25) is 0 Å². The van der Waals surface area contributed by atoms with Gasteiger partial charge in [-0.2, -0.15) is 11.8 Å². The molecule has 1 amide bonds. The average Bonchev–Trinajstić information content (AvgIpc) is 2.36. The quantitative estimate of drug-likeness (QED) is 0.854. The van der Waals surface area contributed by atoms with Crippen molar-refractivity contribution in [1.82, 2.24) is 5.32 Å². The van der Waals surface area contributed by atoms with Gasteiger partial charge >= 0.3 is 0 Å². The van der Waals surface area contributed by atoms with Crippen LogP contribution in [0, 0.1) is 0 Å². The molecule has 0 bridgehead atoms. The molecule has 1 aliphatic heterocycles. The molecule has 5 heteroatoms.